The second-order valence-corrected chi connectivity index (χ2v) is 5.52. The van der Waals surface area contributed by atoms with Crippen molar-refractivity contribution in [3.8, 4) is 0 Å². The molecule has 1 aromatic rings. The molecular weight excluding hydrogens is 216 g/mol. The van der Waals surface area contributed by atoms with Gasteiger partial charge in [0.2, 0.25) is 0 Å². The average Bonchev–Trinajstić information content (AvgIpc) is 3.12. The van der Waals surface area contributed by atoms with E-state index in [1.807, 2.05) is 0 Å². The van der Waals surface area contributed by atoms with Gasteiger partial charge in [0, 0.05) is 5.38 Å². The molecule has 0 N–H and O–H groups in total. The maximum atomic E-state index is 6.31. The van der Waals surface area contributed by atoms with Crippen molar-refractivity contribution in [2.45, 2.75) is 50.8 Å². The van der Waals surface area contributed by atoms with Crippen LogP contribution in [0.4, 0.5) is 0 Å². The number of alkyl halides is 1. The Labute approximate surface area is 104 Å². The zero-order chi connectivity index (χ0) is 11.4. The van der Waals surface area contributed by atoms with Crippen LogP contribution in [0.15, 0.2) is 24.3 Å². The van der Waals surface area contributed by atoms with Gasteiger partial charge in [-0.05, 0) is 49.1 Å². The van der Waals surface area contributed by atoms with Gasteiger partial charge < -0.3 is 0 Å². The van der Waals surface area contributed by atoms with Crippen molar-refractivity contribution in [2.75, 3.05) is 0 Å². The fraction of sp³-hybridized carbons (Fsp3) is 0.600. The highest BCUT2D eigenvalue weighted by Gasteiger charge is 2.28. The summed E-state index contributed by atoms with van der Waals surface area (Å²) >= 11 is 6.31. The van der Waals surface area contributed by atoms with E-state index in [9.17, 15) is 0 Å². The van der Waals surface area contributed by atoms with E-state index in [2.05, 4.69) is 31.2 Å². The second kappa shape index (κ2) is 5.72. The van der Waals surface area contributed by atoms with Gasteiger partial charge in [0.15, 0.2) is 0 Å². The Hall–Kier alpha value is -0.490. The molecule has 1 aromatic carbocycles. The second-order valence-electron chi connectivity index (χ2n) is 4.96. The van der Waals surface area contributed by atoms with Crippen LogP contribution in [0.1, 0.15) is 43.7 Å². The molecule has 0 heterocycles. The van der Waals surface area contributed by atoms with E-state index >= 15 is 0 Å². The number of hydrogen-bond donors (Lipinski definition) is 0. The van der Waals surface area contributed by atoms with Gasteiger partial charge in [0.05, 0.1) is 0 Å². The first kappa shape index (κ1) is 12.0. The summed E-state index contributed by atoms with van der Waals surface area (Å²) in [7, 11) is 0. The Balaban J connectivity index is 1.79. The fourth-order valence-corrected chi connectivity index (χ4v) is 2.52. The Bertz CT molecular complexity index is 311. The molecule has 1 aliphatic carbocycles. The third-order valence-corrected chi connectivity index (χ3v) is 3.98. The van der Waals surface area contributed by atoms with Crippen molar-refractivity contribution in [1.29, 1.82) is 0 Å². The molecule has 1 atom stereocenters. The highest BCUT2D eigenvalue weighted by Crippen LogP contribution is 2.37. The molecule has 16 heavy (non-hydrogen) atoms. The van der Waals surface area contributed by atoms with Crippen LogP contribution in [0.3, 0.4) is 0 Å². The Morgan fingerprint density at radius 3 is 2.19 bits per heavy atom. The molecule has 1 aliphatic rings. The summed E-state index contributed by atoms with van der Waals surface area (Å²) in [6.45, 7) is 2.22. The zero-order valence-corrected chi connectivity index (χ0v) is 10.8. The van der Waals surface area contributed by atoms with E-state index in [1.165, 1.54) is 36.8 Å². The lowest BCUT2D eigenvalue weighted by molar-refractivity contribution is 0.676. The van der Waals surface area contributed by atoms with Crippen molar-refractivity contribution < 1.29 is 0 Å². The lowest BCUT2D eigenvalue weighted by Crippen LogP contribution is -2.02. The molecule has 0 aliphatic heterocycles. The van der Waals surface area contributed by atoms with Crippen LogP contribution in [0.2, 0.25) is 0 Å². The van der Waals surface area contributed by atoms with Gasteiger partial charge in [-0.1, -0.05) is 37.6 Å². The summed E-state index contributed by atoms with van der Waals surface area (Å²) in [6, 6.07) is 9.06. The van der Waals surface area contributed by atoms with Crippen LogP contribution >= 0.6 is 11.6 Å². The van der Waals surface area contributed by atoms with Gasteiger partial charge in [-0.15, -0.1) is 11.6 Å². The molecule has 0 saturated heterocycles. The normalized spacial score (nSPS) is 17.4. The SMILES string of the molecule is CCCc1ccc(CCC(Cl)C2CC2)cc1. The Morgan fingerprint density at radius 1 is 1.12 bits per heavy atom. The number of rotatable bonds is 6. The van der Waals surface area contributed by atoms with Crippen LogP contribution in [-0.4, -0.2) is 5.38 Å². The van der Waals surface area contributed by atoms with Crippen LogP contribution in [-0.2, 0) is 12.8 Å². The number of hydrogen-bond acceptors (Lipinski definition) is 0. The summed E-state index contributed by atoms with van der Waals surface area (Å²) in [5.41, 5.74) is 2.89. The molecule has 1 unspecified atom stereocenters. The minimum atomic E-state index is 0.412. The first-order valence-corrected chi connectivity index (χ1v) is 6.95. The summed E-state index contributed by atoms with van der Waals surface area (Å²) in [5, 5.41) is 0.412. The Kier molecular flexibility index (Phi) is 4.29. The minimum Gasteiger partial charge on any atom is -0.123 e. The molecule has 88 valence electrons. The van der Waals surface area contributed by atoms with Gasteiger partial charge in [-0.2, -0.15) is 0 Å². The van der Waals surface area contributed by atoms with E-state index in [4.69, 9.17) is 11.6 Å². The lowest BCUT2D eigenvalue weighted by atomic mass is 10.0. The summed E-state index contributed by atoms with van der Waals surface area (Å²) in [5.74, 6) is 0.820. The van der Waals surface area contributed by atoms with E-state index in [1.54, 1.807) is 0 Å². The van der Waals surface area contributed by atoms with E-state index in [0.717, 1.165) is 18.8 Å². The third-order valence-electron chi connectivity index (χ3n) is 3.40. The predicted octanol–water partition coefficient (Wildman–Crippen LogP) is 4.59. The van der Waals surface area contributed by atoms with Gasteiger partial charge in [-0.3, -0.25) is 0 Å². The predicted molar refractivity (Wildman–Crippen MR) is 71.1 cm³/mol. The summed E-state index contributed by atoms with van der Waals surface area (Å²) in [6.07, 6.45) is 7.40. The van der Waals surface area contributed by atoms with E-state index < -0.39 is 0 Å². The van der Waals surface area contributed by atoms with Gasteiger partial charge >= 0.3 is 0 Å². The minimum absolute atomic E-state index is 0.412. The maximum absolute atomic E-state index is 6.31. The summed E-state index contributed by atoms with van der Waals surface area (Å²) in [4.78, 5) is 0. The molecule has 0 radical (unpaired) electrons. The maximum Gasteiger partial charge on any atom is 0.0367 e. The smallest absolute Gasteiger partial charge is 0.0367 e. The molecule has 0 nitrogen and oxygen atoms in total. The first-order chi connectivity index (χ1) is 7.79. The molecule has 0 amide bonds. The molecule has 2 rings (SSSR count). The van der Waals surface area contributed by atoms with Crippen LogP contribution in [0.5, 0.6) is 0 Å². The van der Waals surface area contributed by atoms with Crippen molar-refractivity contribution in [2.24, 2.45) is 5.92 Å². The quantitative estimate of drug-likeness (QED) is 0.634. The number of aryl methyl sites for hydroxylation is 2. The zero-order valence-electron chi connectivity index (χ0n) is 10.1. The van der Waals surface area contributed by atoms with Crippen molar-refractivity contribution in [3.63, 3.8) is 0 Å². The van der Waals surface area contributed by atoms with Gasteiger partial charge in [-0.25, -0.2) is 0 Å². The van der Waals surface area contributed by atoms with Crippen molar-refractivity contribution >= 4 is 11.6 Å². The third kappa shape index (κ3) is 3.52. The molecule has 1 fully saturated rings. The largest absolute Gasteiger partial charge is 0.123 e. The standard InChI is InChI=1S/C15H21Cl/c1-2-3-12-4-6-13(7-5-12)8-11-15(16)14-9-10-14/h4-7,14-15H,2-3,8-11H2,1H3. The van der Waals surface area contributed by atoms with Crippen LogP contribution < -0.4 is 0 Å². The van der Waals surface area contributed by atoms with E-state index in [0.29, 0.717) is 5.38 Å². The lowest BCUT2D eigenvalue weighted by Gasteiger charge is -2.08. The Morgan fingerprint density at radius 2 is 1.69 bits per heavy atom. The van der Waals surface area contributed by atoms with Gasteiger partial charge in [0.25, 0.3) is 0 Å². The molecule has 1 saturated carbocycles. The topological polar surface area (TPSA) is 0 Å². The van der Waals surface area contributed by atoms with Crippen LogP contribution in [0.25, 0.3) is 0 Å². The molecule has 0 bridgehead atoms. The average molecular weight is 237 g/mol. The molecule has 0 spiro atoms. The monoisotopic (exact) mass is 236 g/mol. The molecular formula is C15H21Cl. The van der Waals surface area contributed by atoms with Crippen LogP contribution in [0, 0.1) is 5.92 Å². The highest BCUT2D eigenvalue weighted by atomic mass is 35.5. The first-order valence-electron chi connectivity index (χ1n) is 6.51. The van der Waals surface area contributed by atoms with Gasteiger partial charge in [0.1, 0.15) is 0 Å². The van der Waals surface area contributed by atoms with Crippen molar-refractivity contribution in [1.82, 2.24) is 0 Å². The summed E-state index contributed by atoms with van der Waals surface area (Å²) < 4.78 is 0. The number of halogens is 1. The highest BCUT2D eigenvalue weighted by molar-refractivity contribution is 6.20. The van der Waals surface area contributed by atoms with E-state index in [-0.39, 0.29) is 0 Å². The molecule has 1 heteroatoms. The molecule has 0 aromatic heterocycles. The number of benzene rings is 1. The fourth-order valence-electron chi connectivity index (χ4n) is 2.16. The van der Waals surface area contributed by atoms with Crippen molar-refractivity contribution in [3.05, 3.63) is 35.4 Å².